The molecule has 8 nitrogen and oxygen atoms in total. The molecule has 0 atom stereocenters. The number of methoxy groups -OCH3 is 2. The van der Waals surface area contributed by atoms with Gasteiger partial charge < -0.3 is 14.8 Å². The van der Waals surface area contributed by atoms with Crippen LogP contribution in [0.4, 0.5) is 5.69 Å². The number of hydrogen-bond donors (Lipinski definition) is 1. The molecule has 166 valence electrons. The van der Waals surface area contributed by atoms with E-state index in [1.54, 1.807) is 43.8 Å². The van der Waals surface area contributed by atoms with Crippen molar-refractivity contribution in [2.75, 3.05) is 25.3 Å². The van der Waals surface area contributed by atoms with E-state index in [9.17, 15) is 4.79 Å². The highest BCUT2D eigenvalue weighted by Gasteiger charge is 2.22. The normalized spacial score (nSPS) is 13.3. The number of nitrogens with zero attached hydrogens (tertiary/aromatic N) is 4. The van der Waals surface area contributed by atoms with Gasteiger partial charge in [-0.3, -0.25) is 9.20 Å². The fourth-order valence-electron chi connectivity index (χ4n) is 4.08. The number of amides is 1. The van der Waals surface area contributed by atoms with Gasteiger partial charge in [0.25, 0.3) is 0 Å². The number of fused-ring (bicyclic) bond motifs is 5. The van der Waals surface area contributed by atoms with Crippen molar-refractivity contribution in [3.05, 3.63) is 34.5 Å². The summed E-state index contributed by atoms with van der Waals surface area (Å²) in [5.74, 6) is 2.10. The first-order valence-electron chi connectivity index (χ1n) is 10.4. The lowest BCUT2D eigenvalue weighted by molar-refractivity contribution is -0.113. The summed E-state index contributed by atoms with van der Waals surface area (Å²) >= 11 is 3.12. The van der Waals surface area contributed by atoms with E-state index in [4.69, 9.17) is 14.5 Å². The number of anilines is 1. The largest absolute Gasteiger partial charge is 0.497 e. The van der Waals surface area contributed by atoms with Gasteiger partial charge in [0.2, 0.25) is 5.91 Å². The lowest BCUT2D eigenvalue weighted by atomic mass is 9.97. The highest BCUT2D eigenvalue weighted by Crippen LogP contribution is 2.38. The Morgan fingerprint density at radius 1 is 1.16 bits per heavy atom. The van der Waals surface area contributed by atoms with Gasteiger partial charge in [-0.2, -0.15) is 0 Å². The highest BCUT2D eigenvalue weighted by atomic mass is 32.2. The summed E-state index contributed by atoms with van der Waals surface area (Å²) in [7, 11) is 3.15. The number of nitrogens with one attached hydrogen (secondary N) is 1. The number of rotatable bonds is 6. The van der Waals surface area contributed by atoms with Crippen LogP contribution in [0.3, 0.4) is 0 Å². The molecule has 0 unspecified atom stereocenters. The van der Waals surface area contributed by atoms with Gasteiger partial charge >= 0.3 is 0 Å². The number of thiophene rings is 1. The Morgan fingerprint density at radius 2 is 1.91 bits per heavy atom. The molecule has 0 saturated carbocycles. The zero-order valence-electron chi connectivity index (χ0n) is 18.1. The molecule has 3 aromatic heterocycles. The maximum Gasteiger partial charge on any atom is 0.234 e. The second kappa shape index (κ2) is 8.59. The molecule has 1 amide bonds. The molecule has 32 heavy (non-hydrogen) atoms. The molecule has 5 rings (SSSR count). The molecular formula is C22H23N5O3S2. The van der Waals surface area contributed by atoms with Crippen LogP contribution in [0.5, 0.6) is 11.5 Å². The van der Waals surface area contributed by atoms with Crippen molar-refractivity contribution in [1.29, 1.82) is 0 Å². The van der Waals surface area contributed by atoms with E-state index < -0.39 is 0 Å². The van der Waals surface area contributed by atoms with Crippen LogP contribution < -0.4 is 14.8 Å². The first-order valence-corrected chi connectivity index (χ1v) is 12.2. The van der Waals surface area contributed by atoms with E-state index >= 15 is 0 Å². The monoisotopic (exact) mass is 469 g/mol. The third-order valence-corrected chi connectivity index (χ3v) is 7.68. The Labute approximate surface area is 193 Å². The highest BCUT2D eigenvalue weighted by molar-refractivity contribution is 7.99. The van der Waals surface area contributed by atoms with Crippen molar-refractivity contribution in [3.8, 4) is 11.5 Å². The number of aryl methyl sites for hydroxylation is 3. The minimum atomic E-state index is -0.151. The minimum absolute atomic E-state index is 0.151. The number of ether oxygens (including phenoxy) is 2. The molecule has 1 aromatic carbocycles. The van der Waals surface area contributed by atoms with Crippen LogP contribution in [0.25, 0.3) is 15.9 Å². The Kier molecular flexibility index (Phi) is 5.64. The molecule has 1 aliphatic carbocycles. The second-order valence-electron chi connectivity index (χ2n) is 7.63. The molecule has 4 aromatic rings. The van der Waals surface area contributed by atoms with Crippen molar-refractivity contribution in [2.24, 2.45) is 0 Å². The molecule has 0 fully saturated rings. The number of benzene rings is 1. The van der Waals surface area contributed by atoms with Crippen LogP contribution in [0.1, 0.15) is 29.1 Å². The fraction of sp³-hybridized carbons (Fsp3) is 0.364. The van der Waals surface area contributed by atoms with Crippen LogP contribution in [0.2, 0.25) is 0 Å². The number of carbonyl (C=O) groups is 1. The molecule has 3 heterocycles. The van der Waals surface area contributed by atoms with E-state index in [0.717, 1.165) is 34.5 Å². The quantitative estimate of drug-likeness (QED) is 0.422. The van der Waals surface area contributed by atoms with E-state index in [0.29, 0.717) is 22.3 Å². The molecule has 0 saturated heterocycles. The smallest absolute Gasteiger partial charge is 0.234 e. The van der Waals surface area contributed by atoms with Gasteiger partial charge in [-0.05, 0) is 38.2 Å². The average molecular weight is 470 g/mol. The molecule has 1 N–H and O–H groups in total. The van der Waals surface area contributed by atoms with Crippen molar-refractivity contribution in [1.82, 2.24) is 19.6 Å². The first-order chi connectivity index (χ1) is 15.6. The summed E-state index contributed by atoms with van der Waals surface area (Å²) in [6.45, 7) is 1.96. The third-order valence-electron chi connectivity index (χ3n) is 5.56. The molecule has 0 bridgehead atoms. The van der Waals surface area contributed by atoms with Crippen molar-refractivity contribution in [3.63, 3.8) is 0 Å². The summed E-state index contributed by atoms with van der Waals surface area (Å²) in [5.41, 5.74) is 2.83. The summed E-state index contributed by atoms with van der Waals surface area (Å²) < 4.78 is 12.5. The zero-order chi connectivity index (χ0) is 22.2. The standard InChI is InChI=1S/C22H23N5O3S2/c1-12-23-21-19(16-6-4-5-7-17(16)32-21)20-25-26-22(27(12)20)31-11-18(28)24-13-8-14(29-2)10-15(9-13)30-3/h8-10H,4-7,11H2,1-3H3,(H,24,28). The Bertz CT molecular complexity index is 1310. The zero-order valence-corrected chi connectivity index (χ0v) is 19.7. The second-order valence-corrected chi connectivity index (χ2v) is 9.66. The number of carbonyl (C=O) groups excluding carboxylic acids is 1. The van der Waals surface area contributed by atoms with Crippen LogP contribution >= 0.6 is 23.1 Å². The Morgan fingerprint density at radius 3 is 2.66 bits per heavy atom. The lowest BCUT2D eigenvalue weighted by Crippen LogP contribution is -2.14. The Balaban J connectivity index is 1.38. The average Bonchev–Trinajstić information content (AvgIpc) is 3.38. The maximum absolute atomic E-state index is 12.6. The van der Waals surface area contributed by atoms with Crippen molar-refractivity contribution >= 4 is 50.6 Å². The van der Waals surface area contributed by atoms with Gasteiger partial charge in [-0.25, -0.2) is 4.98 Å². The third kappa shape index (κ3) is 3.77. The van der Waals surface area contributed by atoms with Gasteiger partial charge in [-0.15, -0.1) is 21.5 Å². The van der Waals surface area contributed by atoms with Gasteiger partial charge in [0, 0.05) is 28.8 Å². The SMILES string of the molecule is COc1cc(NC(=O)CSc2nnc3c4c5c(sc4nc(C)n23)CCCC5)cc(OC)c1. The number of thioether (sulfide) groups is 1. The lowest BCUT2D eigenvalue weighted by Gasteiger charge is -2.10. The summed E-state index contributed by atoms with van der Waals surface area (Å²) in [5, 5.41) is 13.6. The molecule has 10 heteroatoms. The minimum Gasteiger partial charge on any atom is -0.497 e. The Hall–Kier alpha value is -2.85. The number of aromatic nitrogens is 4. The fourth-order valence-corrected chi connectivity index (χ4v) is 6.16. The summed E-state index contributed by atoms with van der Waals surface area (Å²) in [6, 6.07) is 5.26. The topological polar surface area (TPSA) is 90.6 Å². The first kappa shape index (κ1) is 21.0. The van der Waals surface area contributed by atoms with Crippen molar-refractivity contribution < 1.29 is 14.3 Å². The van der Waals surface area contributed by atoms with E-state index in [-0.39, 0.29) is 11.7 Å². The molecule has 0 radical (unpaired) electrons. The van der Waals surface area contributed by atoms with Gasteiger partial charge in [-0.1, -0.05) is 11.8 Å². The molecule has 0 aliphatic heterocycles. The molecular weight excluding hydrogens is 446 g/mol. The van der Waals surface area contributed by atoms with Crippen LogP contribution in [0.15, 0.2) is 23.4 Å². The van der Waals surface area contributed by atoms with E-state index in [2.05, 4.69) is 15.5 Å². The molecule has 1 aliphatic rings. The van der Waals surface area contributed by atoms with Gasteiger partial charge in [0.1, 0.15) is 22.2 Å². The maximum atomic E-state index is 12.6. The predicted molar refractivity (Wildman–Crippen MR) is 126 cm³/mol. The predicted octanol–water partition coefficient (Wildman–Crippen LogP) is 4.27. The van der Waals surface area contributed by atoms with E-state index in [1.165, 1.54) is 35.0 Å². The molecule has 0 spiro atoms. The summed E-state index contributed by atoms with van der Waals surface area (Å²) in [6.07, 6.45) is 4.62. The van der Waals surface area contributed by atoms with E-state index in [1.807, 2.05) is 11.3 Å². The van der Waals surface area contributed by atoms with Crippen molar-refractivity contribution in [2.45, 2.75) is 37.8 Å². The summed E-state index contributed by atoms with van der Waals surface area (Å²) in [4.78, 5) is 19.9. The van der Waals surface area contributed by atoms with Crippen LogP contribution in [-0.2, 0) is 17.6 Å². The van der Waals surface area contributed by atoms with Gasteiger partial charge in [0.15, 0.2) is 10.8 Å². The van der Waals surface area contributed by atoms with Gasteiger partial charge in [0.05, 0.1) is 25.4 Å². The van der Waals surface area contributed by atoms with Crippen LogP contribution in [-0.4, -0.2) is 45.5 Å². The number of hydrogen-bond acceptors (Lipinski definition) is 8. The van der Waals surface area contributed by atoms with Crippen LogP contribution in [0, 0.1) is 6.92 Å².